The quantitative estimate of drug-likeness (QED) is 0.858. The third kappa shape index (κ3) is 4.95. The highest BCUT2D eigenvalue weighted by Crippen LogP contribution is 2.23. The molecule has 3 heteroatoms. The monoisotopic (exact) mass is 283 g/mol. The third-order valence-electron chi connectivity index (χ3n) is 2.99. The molecule has 1 N–H and O–H groups in total. The fourth-order valence-corrected chi connectivity index (χ4v) is 1.93. The first kappa shape index (κ1) is 15.1. The molecular weight excluding hydrogens is 262 g/mol. The van der Waals surface area contributed by atoms with Crippen LogP contribution in [0.25, 0.3) is 0 Å². The Morgan fingerprint density at radius 1 is 1.00 bits per heavy atom. The zero-order valence-corrected chi connectivity index (χ0v) is 12.7. The Hall–Kier alpha value is -2.29. The van der Waals surface area contributed by atoms with Gasteiger partial charge in [-0.25, -0.2) is 0 Å². The highest BCUT2D eigenvalue weighted by atomic mass is 16.5. The molecule has 0 bridgehead atoms. The number of carbonyl (C=O) groups is 1. The largest absolute Gasteiger partial charge is 0.457 e. The van der Waals surface area contributed by atoms with Crippen molar-refractivity contribution in [1.82, 2.24) is 0 Å². The van der Waals surface area contributed by atoms with Gasteiger partial charge in [-0.1, -0.05) is 31.5 Å². The Kier molecular flexibility index (Phi) is 4.99. The molecule has 0 aromatic heterocycles. The van der Waals surface area contributed by atoms with Crippen molar-refractivity contribution in [3.63, 3.8) is 0 Å². The highest BCUT2D eigenvalue weighted by molar-refractivity contribution is 5.90. The van der Waals surface area contributed by atoms with E-state index in [1.165, 1.54) is 5.56 Å². The van der Waals surface area contributed by atoms with E-state index in [9.17, 15) is 4.79 Å². The molecule has 0 aliphatic heterocycles. The van der Waals surface area contributed by atoms with Gasteiger partial charge in [0.05, 0.1) is 0 Å². The Morgan fingerprint density at radius 3 is 2.05 bits per heavy atom. The summed E-state index contributed by atoms with van der Waals surface area (Å²) in [5.41, 5.74) is 1.99. The van der Waals surface area contributed by atoms with Crippen LogP contribution in [0.3, 0.4) is 0 Å². The topological polar surface area (TPSA) is 38.3 Å². The lowest BCUT2D eigenvalue weighted by Crippen LogP contribution is -2.13. The lowest BCUT2D eigenvalue weighted by atomic mass is 10.1. The van der Waals surface area contributed by atoms with Crippen molar-refractivity contribution < 1.29 is 9.53 Å². The average molecular weight is 283 g/mol. The molecule has 1 amide bonds. The second-order valence-corrected chi connectivity index (χ2v) is 5.59. The first-order valence-corrected chi connectivity index (χ1v) is 7.17. The zero-order valence-electron chi connectivity index (χ0n) is 12.7. The molecule has 2 aromatic rings. The molecule has 110 valence electrons. The molecule has 0 atom stereocenters. The zero-order chi connectivity index (χ0) is 15.2. The summed E-state index contributed by atoms with van der Waals surface area (Å²) in [6.07, 6.45) is 0.529. The number of anilines is 1. The molecule has 2 rings (SSSR count). The summed E-state index contributed by atoms with van der Waals surface area (Å²) in [6, 6.07) is 15.3. The molecule has 0 aliphatic rings. The molecule has 0 heterocycles. The smallest absolute Gasteiger partial charge is 0.224 e. The lowest BCUT2D eigenvalue weighted by molar-refractivity contribution is -0.116. The van der Waals surface area contributed by atoms with E-state index in [2.05, 4.69) is 5.32 Å². The van der Waals surface area contributed by atoms with Crippen LogP contribution < -0.4 is 10.1 Å². The standard InChI is InChI=1S/C18H21NO2/c1-13(2)12-18(20)19-15-6-10-17(11-7-15)21-16-8-4-14(3)5-9-16/h4-11,13H,12H2,1-3H3,(H,19,20). The molecule has 0 fully saturated rings. The molecule has 3 nitrogen and oxygen atoms in total. The van der Waals surface area contributed by atoms with Gasteiger partial charge in [-0.2, -0.15) is 0 Å². The van der Waals surface area contributed by atoms with Gasteiger partial charge in [0.15, 0.2) is 0 Å². The fourth-order valence-electron chi connectivity index (χ4n) is 1.93. The Morgan fingerprint density at radius 2 is 1.52 bits per heavy atom. The summed E-state index contributed by atoms with van der Waals surface area (Å²) in [6.45, 7) is 6.09. The van der Waals surface area contributed by atoms with Crippen molar-refractivity contribution in [3.05, 3.63) is 54.1 Å². The van der Waals surface area contributed by atoms with Gasteiger partial charge in [0.1, 0.15) is 11.5 Å². The SMILES string of the molecule is Cc1ccc(Oc2ccc(NC(=O)CC(C)C)cc2)cc1. The minimum Gasteiger partial charge on any atom is -0.457 e. The van der Waals surface area contributed by atoms with E-state index in [0.717, 1.165) is 17.2 Å². The van der Waals surface area contributed by atoms with Crippen molar-refractivity contribution in [2.24, 2.45) is 5.92 Å². The van der Waals surface area contributed by atoms with Crippen LogP contribution in [0.15, 0.2) is 48.5 Å². The van der Waals surface area contributed by atoms with Crippen LogP contribution in [-0.4, -0.2) is 5.91 Å². The number of carbonyl (C=O) groups excluding carboxylic acids is 1. The molecule has 0 aliphatic carbocycles. The van der Waals surface area contributed by atoms with Crippen molar-refractivity contribution >= 4 is 11.6 Å². The second kappa shape index (κ2) is 6.93. The fraction of sp³-hybridized carbons (Fsp3) is 0.278. The number of ether oxygens (including phenoxy) is 1. The maximum absolute atomic E-state index is 11.7. The molecule has 0 saturated heterocycles. The number of nitrogens with one attached hydrogen (secondary N) is 1. The number of amides is 1. The summed E-state index contributed by atoms with van der Waals surface area (Å²) < 4.78 is 5.75. The third-order valence-corrected chi connectivity index (χ3v) is 2.99. The van der Waals surface area contributed by atoms with E-state index in [1.807, 2.05) is 69.3 Å². The Bertz CT molecular complexity index is 586. The van der Waals surface area contributed by atoms with Crippen molar-refractivity contribution in [2.45, 2.75) is 27.2 Å². The first-order valence-electron chi connectivity index (χ1n) is 7.17. The van der Waals surface area contributed by atoms with Crippen LogP contribution in [0.1, 0.15) is 25.8 Å². The minimum atomic E-state index is 0.0391. The molecular formula is C18H21NO2. The van der Waals surface area contributed by atoms with Gasteiger partial charge in [0.2, 0.25) is 5.91 Å². The Labute approximate surface area is 126 Å². The van der Waals surface area contributed by atoms with Gasteiger partial charge in [0, 0.05) is 12.1 Å². The summed E-state index contributed by atoms with van der Waals surface area (Å²) in [7, 11) is 0. The summed E-state index contributed by atoms with van der Waals surface area (Å²) in [5, 5.41) is 2.88. The summed E-state index contributed by atoms with van der Waals surface area (Å²) >= 11 is 0. The van der Waals surface area contributed by atoms with Crippen molar-refractivity contribution in [1.29, 1.82) is 0 Å². The molecule has 0 spiro atoms. The molecule has 0 saturated carbocycles. The number of benzene rings is 2. The van der Waals surface area contributed by atoms with Crippen LogP contribution in [0.2, 0.25) is 0 Å². The molecule has 0 radical (unpaired) electrons. The van der Waals surface area contributed by atoms with Crippen molar-refractivity contribution in [3.8, 4) is 11.5 Å². The van der Waals surface area contributed by atoms with Gasteiger partial charge < -0.3 is 10.1 Å². The highest BCUT2D eigenvalue weighted by Gasteiger charge is 2.05. The lowest BCUT2D eigenvalue weighted by Gasteiger charge is -2.09. The van der Waals surface area contributed by atoms with Crippen LogP contribution in [0.4, 0.5) is 5.69 Å². The van der Waals surface area contributed by atoms with Crippen LogP contribution >= 0.6 is 0 Å². The van der Waals surface area contributed by atoms with E-state index in [4.69, 9.17) is 4.74 Å². The van der Waals surface area contributed by atoms with E-state index in [-0.39, 0.29) is 5.91 Å². The average Bonchev–Trinajstić information content (AvgIpc) is 2.42. The summed E-state index contributed by atoms with van der Waals surface area (Å²) in [5.74, 6) is 1.95. The Balaban J connectivity index is 1.95. The number of hydrogen-bond acceptors (Lipinski definition) is 2. The van der Waals surface area contributed by atoms with Gasteiger partial charge in [-0.3, -0.25) is 4.79 Å². The van der Waals surface area contributed by atoms with Gasteiger partial charge in [0.25, 0.3) is 0 Å². The van der Waals surface area contributed by atoms with Crippen molar-refractivity contribution in [2.75, 3.05) is 5.32 Å². The predicted octanol–water partition coefficient (Wildman–Crippen LogP) is 4.77. The van der Waals surface area contributed by atoms with E-state index in [0.29, 0.717) is 12.3 Å². The number of aryl methyl sites for hydroxylation is 1. The van der Waals surface area contributed by atoms with Crippen LogP contribution in [-0.2, 0) is 4.79 Å². The van der Waals surface area contributed by atoms with E-state index < -0.39 is 0 Å². The minimum absolute atomic E-state index is 0.0391. The number of hydrogen-bond donors (Lipinski definition) is 1. The maximum atomic E-state index is 11.7. The first-order chi connectivity index (χ1) is 10.0. The maximum Gasteiger partial charge on any atom is 0.224 e. The normalized spacial score (nSPS) is 10.5. The van der Waals surface area contributed by atoms with Crippen LogP contribution in [0, 0.1) is 12.8 Å². The van der Waals surface area contributed by atoms with E-state index >= 15 is 0 Å². The molecule has 0 unspecified atom stereocenters. The van der Waals surface area contributed by atoms with E-state index in [1.54, 1.807) is 0 Å². The van der Waals surface area contributed by atoms with Gasteiger partial charge in [-0.15, -0.1) is 0 Å². The summed E-state index contributed by atoms with van der Waals surface area (Å²) in [4.78, 5) is 11.7. The predicted molar refractivity (Wildman–Crippen MR) is 85.8 cm³/mol. The molecule has 21 heavy (non-hydrogen) atoms. The van der Waals surface area contributed by atoms with Gasteiger partial charge in [-0.05, 0) is 49.2 Å². The molecule has 2 aromatic carbocycles. The van der Waals surface area contributed by atoms with Crippen LogP contribution in [0.5, 0.6) is 11.5 Å². The van der Waals surface area contributed by atoms with Gasteiger partial charge >= 0.3 is 0 Å². The second-order valence-electron chi connectivity index (χ2n) is 5.59. The number of rotatable bonds is 5.